The zero-order valence-corrected chi connectivity index (χ0v) is 14.2. The molecule has 3 N–H and O–H groups in total. The Balaban J connectivity index is 1.41. The Bertz CT molecular complexity index is 777. The van der Waals surface area contributed by atoms with E-state index >= 15 is 0 Å². The lowest BCUT2D eigenvalue weighted by atomic mass is 10.1. The molecule has 128 valence electrons. The van der Waals surface area contributed by atoms with Crippen LogP contribution >= 0.6 is 0 Å². The van der Waals surface area contributed by atoms with Crippen molar-refractivity contribution in [1.29, 1.82) is 0 Å². The lowest BCUT2D eigenvalue weighted by Crippen LogP contribution is -2.33. The van der Waals surface area contributed by atoms with Crippen LogP contribution in [0.15, 0.2) is 78.0 Å². The summed E-state index contributed by atoms with van der Waals surface area (Å²) in [5, 5.41) is 7.38. The van der Waals surface area contributed by atoms with E-state index in [1.807, 2.05) is 35.1 Å². The number of hydrogen-bond acceptors (Lipinski definition) is 2. The van der Waals surface area contributed by atoms with E-state index in [4.69, 9.17) is 5.73 Å². The molecule has 0 saturated heterocycles. The average molecular weight is 333 g/mol. The molecule has 3 rings (SSSR count). The maximum Gasteiger partial charge on any atom is 0.188 e. The van der Waals surface area contributed by atoms with Gasteiger partial charge >= 0.3 is 0 Å². The number of nitrogens with zero attached hydrogens (tertiary/aromatic N) is 3. The van der Waals surface area contributed by atoms with Gasteiger partial charge in [-0.15, -0.1) is 0 Å². The van der Waals surface area contributed by atoms with Crippen molar-refractivity contribution in [1.82, 2.24) is 15.1 Å². The third-order valence-electron chi connectivity index (χ3n) is 3.95. The van der Waals surface area contributed by atoms with Crippen LogP contribution in [0.5, 0.6) is 0 Å². The summed E-state index contributed by atoms with van der Waals surface area (Å²) in [5.41, 5.74) is 9.50. The quantitative estimate of drug-likeness (QED) is 0.516. The predicted octanol–water partition coefficient (Wildman–Crippen LogP) is 2.56. The van der Waals surface area contributed by atoms with Crippen LogP contribution in [0.25, 0.3) is 5.69 Å². The van der Waals surface area contributed by atoms with Gasteiger partial charge in [-0.2, -0.15) is 5.10 Å². The van der Waals surface area contributed by atoms with Crippen molar-refractivity contribution in [2.24, 2.45) is 10.7 Å². The molecule has 2 aromatic carbocycles. The Morgan fingerprint density at radius 1 is 0.960 bits per heavy atom. The highest BCUT2D eigenvalue weighted by molar-refractivity contribution is 5.77. The Labute approximate surface area is 148 Å². The number of nitrogens with two attached hydrogens (primary N) is 1. The zero-order chi connectivity index (χ0) is 17.3. The third-order valence-corrected chi connectivity index (χ3v) is 3.95. The normalized spacial score (nSPS) is 11.4. The van der Waals surface area contributed by atoms with E-state index in [1.54, 1.807) is 6.20 Å². The van der Waals surface area contributed by atoms with E-state index in [2.05, 4.69) is 51.8 Å². The first kappa shape index (κ1) is 16.8. The minimum atomic E-state index is 0.504. The van der Waals surface area contributed by atoms with Crippen molar-refractivity contribution in [2.45, 2.75) is 12.8 Å². The van der Waals surface area contributed by atoms with Gasteiger partial charge in [-0.3, -0.25) is 4.99 Å². The van der Waals surface area contributed by atoms with Gasteiger partial charge in [0.05, 0.1) is 5.69 Å². The smallest absolute Gasteiger partial charge is 0.188 e. The van der Waals surface area contributed by atoms with Gasteiger partial charge in [0.15, 0.2) is 5.96 Å². The van der Waals surface area contributed by atoms with Crippen molar-refractivity contribution in [3.8, 4) is 5.69 Å². The van der Waals surface area contributed by atoms with Crippen molar-refractivity contribution in [3.63, 3.8) is 0 Å². The molecule has 0 spiro atoms. The van der Waals surface area contributed by atoms with Crippen LogP contribution in [0.4, 0.5) is 0 Å². The molecule has 0 saturated carbocycles. The molecule has 1 heterocycles. The molecule has 3 aromatic rings. The first-order valence-electron chi connectivity index (χ1n) is 8.48. The summed E-state index contributed by atoms with van der Waals surface area (Å²) in [5.74, 6) is 0.504. The fourth-order valence-corrected chi connectivity index (χ4v) is 2.58. The van der Waals surface area contributed by atoms with Crippen molar-refractivity contribution < 1.29 is 0 Å². The molecule has 5 heteroatoms. The summed E-state index contributed by atoms with van der Waals surface area (Å²) >= 11 is 0. The van der Waals surface area contributed by atoms with Crippen molar-refractivity contribution in [2.75, 3.05) is 13.1 Å². The standard InChI is InChI=1S/C20H23N5/c21-20(22-14-11-17-5-2-1-3-6-17)23-15-12-18-7-9-19(10-8-18)25-16-4-13-24-25/h1-10,13,16H,11-12,14-15H2,(H3,21,22,23). The van der Waals surface area contributed by atoms with Crippen molar-refractivity contribution >= 4 is 5.96 Å². The molecular weight excluding hydrogens is 310 g/mol. The number of rotatable bonds is 7. The maximum absolute atomic E-state index is 5.92. The molecule has 0 aliphatic carbocycles. The van der Waals surface area contributed by atoms with Gasteiger partial charge in [0.25, 0.3) is 0 Å². The van der Waals surface area contributed by atoms with Gasteiger partial charge in [-0.1, -0.05) is 42.5 Å². The van der Waals surface area contributed by atoms with Crippen LogP contribution in [-0.4, -0.2) is 28.8 Å². The number of nitrogens with one attached hydrogen (secondary N) is 1. The summed E-state index contributed by atoms with van der Waals surface area (Å²) in [6.45, 7) is 1.46. The molecule has 0 amide bonds. The molecule has 0 atom stereocenters. The first-order valence-corrected chi connectivity index (χ1v) is 8.48. The Kier molecular flexibility index (Phi) is 5.82. The van der Waals surface area contributed by atoms with E-state index in [-0.39, 0.29) is 0 Å². The maximum atomic E-state index is 5.92. The molecule has 0 fully saturated rings. The molecule has 0 aliphatic rings. The minimum Gasteiger partial charge on any atom is -0.370 e. The minimum absolute atomic E-state index is 0.504. The molecular formula is C20H23N5. The largest absolute Gasteiger partial charge is 0.370 e. The van der Waals surface area contributed by atoms with Gasteiger partial charge in [0.2, 0.25) is 0 Å². The second-order valence-electron chi connectivity index (χ2n) is 5.80. The van der Waals surface area contributed by atoms with Crippen LogP contribution in [0.3, 0.4) is 0 Å². The summed E-state index contributed by atoms with van der Waals surface area (Å²) in [7, 11) is 0. The average Bonchev–Trinajstić information content (AvgIpc) is 3.18. The highest BCUT2D eigenvalue weighted by atomic mass is 15.3. The number of hydrogen-bond donors (Lipinski definition) is 2. The van der Waals surface area contributed by atoms with Gasteiger partial charge in [0, 0.05) is 25.5 Å². The van der Waals surface area contributed by atoms with Gasteiger partial charge in [-0.05, 0) is 42.2 Å². The molecule has 1 aromatic heterocycles. The number of benzene rings is 2. The lowest BCUT2D eigenvalue weighted by molar-refractivity contribution is 0.843. The van der Waals surface area contributed by atoms with E-state index in [0.29, 0.717) is 12.5 Å². The van der Waals surface area contributed by atoms with E-state index < -0.39 is 0 Å². The van der Waals surface area contributed by atoms with E-state index in [1.165, 1.54) is 11.1 Å². The molecule has 0 radical (unpaired) electrons. The van der Waals surface area contributed by atoms with Crippen molar-refractivity contribution in [3.05, 3.63) is 84.2 Å². The Hall–Kier alpha value is -3.08. The molecule has 5 nitrogen and oxygen atoms in total. The zero-order valence-electron chi connectivity index (χ0n) is 14.2. The summed E-state index contributed by atoms with van der Waals surface area (Å²) in [4.78, 5) is 4.39. The number of aliphatic imine (C=N–C) groups is 1. The highest BCUT2D eigenvalue weighted by Gasteiger charge is 1.98. The second kappa shape index (κ2) is 8.68. The third kappa shape index (κ3) is 5.21. The summed E-state index contributed by atoms with van der Waals surface area (Å²) in [6.07, 6.45) is 5.50. The molecule has 0 bridgehead atoms. The van der Waals surface area contributed by atoms with Gasteiger partial charge in [0.1, 0.15) is 0 Å². The SMILES string of the molecule is NC(=NCCc1ccc(-n2cccn2)cc1)NCCc1ccccc1. The van der Waals surface area contributed by atoms with Crippen LogP contribution in [0.2, 0.25) is 0 Å². The topological polar surface area (TPSA) is 68.2 Å². The molecule has 0 unspecified atom stereocenters. The lowest BCUT2D eigenvalue weighted by Gasteiger charge is -2.06. The first-order chi connectivity index (χ1) is 12.3. The summed E-state index contributed by atoms with van der Waals surface area (Å²) in [6, 6.07) is 20.6. The van der Waals surface area contributed by atoms with Crippen LogP contribution in [0, 0.1) is 0 Å². The fraction of sp³-hybridized carbons (Fsp3) is 0.200. The monoisotopic (exact) mass is 333 g/mol. The number of guanidine groups is 1. The Morgan fingerprint density at radius 3 is 2.44 bits per heavy atom. The Morgan fingerprint density at radius 2 is 1.72 bits per heavy atom. The predicted molar refractivity (Wildman–Crippen MR) is 102 cm³/mol. The number of aromatic nitrogens is 2. The molecule has 0 aliphatic heterocycles. The molecule has 25 heavy (non-hydrogen) atoms. The highest BCUT2D eigenvalue weighted by Crippen LogP contribution is 2.09. The van der Waals surface area contributed by atoms with Crippen LogP contribution in [-0.2, 0) is 12.8 Å². The van der Waals surface area contributed by atoms with Crippen LogP contribution < -0.4 is 11.1 Å². The van der Waals surface area contributed by atoms with Gasteiger partial charge in [-0.25, -0.2) is 4.68 Å². The van der Waals surface area contributed by atoms with Crippen LogP contribution in [0.1, 0.15) is 11.1 Å². The van der Waals surface area contributed by atoms with E-state index in [0.717, 1.165) is 25.1 Å². The fourth-order valence-electron chi connectivity index (χ4n) is 2.58. The summed E-state index contributed by atoms with van der Waals surface area (Å²) < 4.78 is 1.84. The van der Waals surface area contributed by atoms with E-state index in [9.17, 15) is 0 Å². The second-order valence-corrected chi connectivity index (χ2v) is 5.80. The van der Waals surface area contributed by atoms with Gasteiger partial charge < -0.3 is 11.1 Å².